The maximum Gasteiger partial charge on any atom is 0.233 e. The molecule has 0 bridgehead atoms. The first-order valence-electron chi connectivity index (χ1n) is 8.34. The molecular formula is C18H23N3OS. The second-order valence-electron chi connectivity index (χ2n) is 6.04. The van der Waals surface area contributed by atoms with Crippen LogP contribution in [0.3, 0.4) is 0 Å². The molecule has 4 nitrogen and oxygen atoms in total. The number of likely N-dealkylation sites (tertiary alicyclic amines) is 1. The zero-order valence-electron chi connectivity index (χ0n) is 13.8. The minimum atomic E-state index is 0.218. The van der Waals surface area contributed by atoms with Crippen LogP contribution in [-0.4, -0.2) is 39.1 Å². The van der Waals surface area contributed by atoms with Crippen molar-refractivity contribution in [2.24, 2.45) is 0 Å². The van der Waals surface area contributed by atoms with E-state index in [-0.39, 0.29) is 5.91 Å². The highest BCUT2D eigenvalue weighted by Crippen LogP contribution is 2.23. The second-order valence-corrected chi connectivity index (χ2v) is 6.98. The van der Waals surface area contributed by atoms with Crippen molar-refractivity contribution in [1.82, 2.24) is 14.9 Å². The molecule has 0 aliphatic carbocycles. The fraction of sp³-hybridized carbons (Fsp3) is 0.500. The van der Waals surface area contributed by atoms with Gasteiger partial charge in [0.15, 0.2) is 5.16 Å². The van der Waals surface area contributed by atoms with Gasteiger partial charge >= 0.3 is 0 Å². The van der Waals surface area contributed by atoms with E-state index in [2.05, 4.69) is 21.8 Å². The first-order valence-corrected chi connectivity index (χ1v) is 9.33. The number of carbonyl (C=O) groups is 1. The molecule has 0 radical (unpaired) electrons. The third kappa shape index (κ3) is 3.66. The van der Waals surface area contributed by atoms with E-state index >= 15 is 0 Å². The van der Waals surface area contributed by atoms with Crippen LogP contribution in [0.2, 0.25) is 0 Å². The van der Waals surface area contributed by atoms with Crippen molar-refractivity contribution in [1.29, 1.82) is 0 Å². The third-order valence-electron chi connectivity index (χ3n) is 4.52. The minimum absolute atomic E-state index is 0.218. The predicted molar refractivity (Wildman–Crippen MR) is 94.6 cm³/mol. The van der Waals surface area contributed by atoms with Gasteiger partial charge in [-0.25, -0.2) is 9.97 Å². The van der Waals surface area contributed by atoms with Crippen molar-refractivity contribution in [2.75, 3.05) is 12.3 Å². The molecule has 0 N–H and O–H groups in total. The van der Waals surface area contributed by atoms with Crippen molar-refractivity contribution < 1.29 is 4.79 Å². The van der Waals surface area contributed by atoms with Gasteiger partial charge in [0.05, 0.1) is 11.3 Å². The van der Waals surface area contributed by atoms with E-state index in [1.807, 2.05) is 31.2 Å². The largest absolute Gasteiger partial charge is 0.339 e. The van der Waals surface area contributed by atoms with Gasteiger partial charge in [-0.1, -0.05) is 36.9 Å². The lowest BCUT2D eigenvalue weighted by Crippen LogP contribution is -2.44. The van der Waals surface area contributed by atoms with Gasteiger partial charge < -0.3 is 4.90 Å². The Labute approximate surface area is 141 Å². The van der Waals surface area contributed by atoms with Gasteiger partial charge in [0, 0.05) is 23.7 Å². The zero-order valence-corrected chi connectivity index (χ0v) is 14.6. The highest BCUT2D eigenvalue weighted by atomic mass is 32.2. The number of thioether (sulfide) groups is 1. The van der Waals surface area contributed by atoms with Crippen LogP contribution in [-0.2, 0) is 4.79 Å². The van der Waals surface area contributed by atoms with Crippen LogP contribution in [0.25, 0.3) is 10.9 Å². The van der Waals surface area contributed by atoms with Crippen LogP contribution in [0.1, 0.15) is 38.3 Å². The average Bonchev–Trinajstić information content (AvgIpc) is 2.59. The number of amides is 1. The summed E-state index contributed by atoms with van der Waals surface area (Å²) in [5.41, 5.74) is 1.91. The molecule has 1 amide bonds. The summed E-state index contributed by atoms with van der Waals surface area (Å²) in [4.78, 5) is 23.7. The van der Waals surface area contributed by atoms with Gasteiger partial charge in [-0.2, -0.15) is 0 Å². The summed E-state index contributed by atoms with van der Waals surface area (Å²) in [7, 11) is 0. The van der Waals surface area contributed by atoms with Crippen molar-refractivity contribution in [2.45, 2.75) is 50.7 Å². The van der Waals surface area contributed by atoms with Crippen LogP contribution in [0, 0.1) is 6.92 Å². The number of aryl methyl sites for hydroxylation is 1. The molecule has 122 valence electrons. The molecule has 1 aliphatic rings. The highest BCUT2D eigenvalue weighted by Gasteiger charge is 2.25. The van der Waals surface area contributed by atoms with Crippen LogP contribution >= 0.6 is 11.8 Å². The number of carbonyl (C=O) groups excluding carboxylic acids is 1. The first-order chi connectivity index (χ1) is 11.2. The van der Waals surface area contributed by atoms with E-state index in [1.165, 1.54) is 18.2 Å². The molecule has 1 saturated heterocycles. The van der Waals surface area contributed by atoms with Gasteiger partial charge in [-0.05, 0) is 38.7 Å². The number of nitrogens with zero attached hydrogens (tertiary/aromatic N) is 3. The Kier molecular flexibility index (Phi) is 5.16. The summed E-state index contributed by atoms with van der Waals surface area (Å²) >= 11 is 1.45. The molecule has 1 fully saturated rings. The summed E-state index contributed by atoms with van der Waals surface area (Å²) in [6.07, 6.45) is 4.54. The van der Waals surface area contributed by atoms with E-state index in [0.29, 0.717) is 17.0 Å². The smallest absolute Gasteiger partial charge is 0.233 e. The van der Waals surface area contributed by atoms with Crippen LogP contribution in [0.4, 0.5) is 0 Å². The Morgan fingerprint density at radius 3 is 2.96 bits per heavy atom. The number of hydrogen-bond acceptors (Lipinski definition) is 4. The normalized spacial score (nSPS) is 18.3. The lowest BCUT2D eigenvalue weighted by Gasteiger charge is -2.35. The molecule has 3 rings (SSSR count). The average molecular weight is 329 g/mol. The molecule has 23 heavy (non-hydrogen) atoms. The van der Waals surface area contributed by atoms with Crippen LogP contribution in [0.5, 0.6) is 0 Å². The Hall–Kier alpha value is -1.62. The van der Waals surface area contributed by atoms with Crippen LogP contribution < -0.4 is 0 Å². The molecule has 5 heteroatoms. The van der Waals surface area contributed by atoms with Crippen molar-refractivity contribution >= 4 is 28.6 Å². The zero-order chi connectivity index (χ0) is 16.2. The highest BCUT2D eigenvalue weighted by molar-refractivity contribution is 7.99. The second kappa shape index (κ2) is 7.30. The molecule has 1 atom stereocenters. The molecular weight excluding hydrogens is 306 g/mol. The summed E-state index contributed by atoms with van der Waals surface area (Å²) < 4.78 is 0. The molecule has 0 spiro atoms. The number of para-hydroxylation sites is 1. The Balaban J connectivity index is 1.69. The number of benzene rings is 1. The van der Waals surface area contributed by atoms with Crippen molar-refractivity contribution in [3.63, 3.8) is 0 Å². The molecule has 1 aromatic carbocycles. The van der Waals surface area contributed by atoms with Crippen molar-refractivity contribution in [3.8, 4) is 0 Å². The fourth-order valence-corrected chi connectivity index (χ4v) is 4.02. The summed E-state index contributed by atoms with van der Waals surface area (Å²) in [6, 6.07) is 8.41. The lowest BCUT2D eigenvalue weighted by molar-refractivity contribution is -0.132. The lowest BCUT2D eigenvalue weighted by atomic mass is 10.0. The number of rotatable bonds is 4. The Morgan fingerprint density at radius 1 is 1.30 bits per heavy atom. The summed E-state index contributed by atoms with van der Waals surface area (Å²) in [5.74, 6) is 0.643. The molecule has 0 saturated carbocycles. The van der Waals surface area contributed by atoms with E-state index in [9.17, 15) is 4.79 Å². The minimum Gasteiger partial charge on any atom is -0.339 e. The SMILES string of the molecule is CC[C@@H]1CCCCN1C(=O)CSc1nc(C)c2ccccc2n1. The summed E-state index contributed by atoms with van der Waals surface area (Å²) in [5, 5.41) is 1.77. The number of hydrogen-bond donors (Lipinski definition) is 0. The van der Waals surface area contributed by atoms with Gasteiger partial charge in [0.1, 0.15) is 0 Å². The number of aromatic nitrogens is 2. The quantitative estimate of drug-likeness (QED) is 0.632. The molecule has 0 unspecified atom stereocenters. The van der Waals surface area contributed by atoms with E-state index in [4.69, 9.17) is 0 Å². The Bertz CT molecular complexity index is 704. The summed E-state index contributed by atoms with van der Waals surface area (Å²) in [6.45, 7) is 5.06. The maximum absolute atomic E-state index is 12.5. The maximum atomic E-state index is 12.5. The topological polar surface area (TPSA) is 46.1 Å². The fourth-order valence-electron chi connectivity index (χ4n) is 3.24. The molecule has 1 aromatic heterocycles. The third-order valence-corrected chi connectivity index (χ3v) is 5.35. The molecule has 2 aromatic rings. The van der Waals surface area contributed by atoms with Gasteiger partial charge in [0.25, 0.3) is 0 Å². The first kappa shape index (κ1) is 16.2. The van der Waals surface area contributed by atoms with Gasteiger partial charge in [0.2, 0.25) is 5.91 Å². The van der Waals surface area contributed by atoms with E-state index < -0.39 is 0 Å². The number of fused-ring (bicyclic) bond motifs is 1. The van der Waals surface area contributed by atoms with E-state index in [0.717, 1.165) is 42.4 Å². The molecule has 1 aliphatic heterocycles. The van der Waals surface area contributed by atoms with E-state index in [1.54, 1.807) is 0 Å². The monoisotopic (exact) mass is 329 g/mol. The van der Waals surface area contributed by atoms with Crippen LogP contribution in [0.15, 0.2) is 29.4 Å². The standard InChI is InChI=1S/C18H23N3OS/c1-3-14-8-6-7-11-21(14)17(22)12-23-18-19-13(2)15-9-4-5-10-16(15)20-18/h4-5,9-10,14H,3,6-8,11-12H2,1-2H3/t14-/m1/s1. The predicted octanol–water partition coefficient (Wildman–Crippen LogP) is 3.82. The van der Waals surface area contributed by atoms with Crippen molar-refractivity contribution in [3.05, 3.63) is 30.0 Å². The number of piperidine rings is 1. The van der Waals surface area contributed by atoms with Gasteiger partial charge in [-0.3, -0.25) is 4.79 Å². The van der Waals surface area contributed by atoms with Gasteiger partial charge in [-0.15, -0.1) is 0 Å². The molecule has 2 heterocycles. The Morgan fingerprint density at radius 2 is 2.13 bits per heavy atom.